The Hall–Kier alpha value is -2.18. The lowest BCUT2D eigenvalue weighted by atomic mass is 10.0. The van der Waals surface area contributed by atoms with E-state index in [1.165, 1.54) is 11.6 Å². The van der Waals surface area contributed by atoms with E-state index in [0.717, 1.165) is 67.9 Å². The van der Waals surface area contributed by atoms with Crippen molar-refractivity contribution in [3.63, 3.8) is 0 Å². The summed E-state index contributed by atoms with van der Waals surface area (Å²) >= 11 is 0. The molecule has 4 nitrogen and oxygen atoms in total. The van der Waals surface area contributed by atoms with Crippen LogP contribution in [-0.4, -0.2) is 21.5 Å². The molecule has 0 bridgehead atoms. The van der Waals surface area contributed by atoms with E-state index < -0.39 is 11.7 Å². The van der Waals surface area contributed by atoms with E-state index in [0.29, 0.717) is 24.4 Å². The Morgan fingerprint density at radius 3 is 2.65 bits per heavy atom. The molecule has 26 heavy (non-hydrogen) atoms. The molecule has 2 aliphatic carbocycles. The summed E-state index contributed by atoms with van der Waals surface area (Å²) in [7, 11) is 0. The van der Waals surface area contributed by atoms with Gasteiger partial charge in [0.1, 0.15) is 11.6 Å². The van der Waals surface area contributed by atoms with Crippen LogP contribution in [0.4, 0.5) is 19.0 Å². The van der Waals surface area contributed by atoms with Crippen molar-refractivity contribution in [2.75, 3.05) is 11.4 Å². The molecule has 136 valence electrons. The van der Waals surface area contributed by atoms with Crippen LogP contribution in [0, 0.1) is 0 Å². The molecular weight excluding hydrogens is 341 g/mol. The van der Waals surface area contributed by atoms with Crippen LogP contribution >= 0.6 is 0 Å². The van der Waals surface area contributed by atoms with Gasteiger partial charge in [0.25, 0.3) is 0 Å². The first-order valence-corrected chi connectivity index (χ1v) is 9.18. The summed E-state index contributed by atoms with van der Waals surface area (Å²) in [5, 5.41) is 0. The molecule has 7 heteroatoms. The molecule has 2 aromatic rings. The number of aryl methyl sites for hydroxylation is 1. The Kier molecular flexibility index (Phi) is 3.49. The van der Waals surface area contributed by atoms with E-state index in [-0.39, 0.29) is 0 Å². The summed E-state index contributed by atoms with van der Waals surface area (Å²) in [6.07, 6.45) is 2.52. The summed E-state index contributed by atoms with van der Waals surface area (Å²) in [6, 6.07) is 1.25. The summed E-state index contributed by atoms with van der Waals surface area (Å²) in [5.41, 5.74) is 3.08. The summed E-state index contributed by atoms with van der Waals surface area (Å²) in [6.45, 7) is 1.17. The van der Waals surface area contributed by atoms with Gasteiger partial charge in [0.15, 0.2) is 0 Å². The maximum Gasteiger partial charge on any atom is 0.417 e. The molecule has 0 saturated heterocycles. The molecule has 0 unspecified atom stereocenters. The molecule has 0 amide bonds. The van der Waals surface area contributed by atoms with Crippen LogP contribution in [0.3, 0.4) is 0 Å². The minimum atomic E-state index is -4.36. The number of anilines is 1. The first-order chi connectivity index (χ1) is 12.5. The zero-order chi connectivity index (χ0) is 17.9. The van der Waals surface area contributed by atoms with Crippen LogP contribution in [0.25, 0.3) is 0 Å². The van der Waals surface area contributed by atoms with Gasteiger partial charge >= 0.3 is 6.18 Å². The summed E-state index contributed by atoms with van der Waals surface area (Å²) in [4.78, 5) is 15.8. The molecule has 5 rings (SSSR count). The molecule has 0 radical (unpaired) electrons. The van der Waals surface area contributed by atoms with Crippen LogP contribution in [0.1, 0.15) is 59.1 Å². The van der Waals surface area contributed by atoms with Gasteiger partial charge in [-0.1, -0.05) is 0 Å². The SMILES string of the molecule is FC(F)(F)c1cnc2c(c1)CN(c1nc(C3CC3)nc3c1CCC3)CC2. The number of halogens is 3. The smallest absolute Gasteiger partial charge is 0.351 e. The van der Waals surface area contributed by atoms with Gasteiger partial charge in [0.2, 0.25) is 0 Å². The molecule has 3 heterocycles. The first kappa shape index (κ1) is 16.0. The molecule has 3 aliphatic rings. The van der Waals surface area contributed by atoms with E-state index in [9.17, 15) is 13.2 Å². The van der Waals surface area contributed by atoms with Crippen molar-refractivity contribution in [1.29, 1.82) is 0 Å². The second-order valence-corrected chi connectivity index (χ2v) is 7.46. The van der Waals surface area contributed by atoms with Gasteiger partial charge in [-0.3, -0.25) is 4.98 Å². The fourth-order valence-corrected chi connectivity index (χ4v) is 3.98. The lowest BCUT2D eigenvalue weighted by Crippen LogP contribution is -2.33. The van der Waals surface area contributed by atoms with Gasteiger partial charge < -0.3 is 4.90 Å². The maximum atomic E-state index is 13.0. The molecule has 2 aromatic heterocycles. The number of hydrogen-bond donors (Lipinski definition) is 0. The van der Waals surface area contributed by atoms with Crippen molar-refractivity contribution in [2.45, 2.75) is 57.2 Å². The number of alkyl halides is 3. The van der Waals surface area contributed by atoms with E-state index in [1.807, 2.05) is 0 Å². The average molecular weight is 360 g/mol. The van der Waals surface area contributed by atoms with Gasteiger partial charge in [-0.15, -0.1) is 0 Å². The van der Waals surface area contributed by atoms with Crippen molar-refractivity contribution >= 4 is 5.82 Å². The van der Waals surface area contributed by atoms with Crippen LogP contribution < -0.4 is 4.90 Å². The Bertz CT molecular complexity index is 874. The normalized spacial score (nSPS) is 19.4. The molecule has 1 fully saturated rings. The highest BCUT2D eigenvalue weighted by molar-refractivity contribution is 5.53. The Morgan fingerprint density at radius 1 is 1.04 bits per heavy atom. The fraction of sp³-hybridized carbons (Fsp3) is 0.526. The van der Waals surface area contributed by atoms with Crippen LogP contribution in [0.2, 0.25) is 0 Å². The maximum absolute atomic E-state index is 13.0. The average Bonchev–Trinajstić information content (AvgIpc) is 3.37. The zero-order valence-corrected chi connectivity index (χ0v) is 14.3. The van der Waals surface area contributed by atoms with Crippen molar-refractivity contribution in [2.24, 2.45) is 0 Å². The van der Waals surface area contributed by atoms with Crippen LogP contribution in [-0.2, 0) is 32.0 Å². The summed E-state index contributed by atoms with van der Waals surface area (Å²) < 4.78 is 39.1. The lowest BCUT2D eigenvalue weighted by Gasteiger charge is -2.31. The lowest BCUT2D eigenvalue weighted by molar-refractivity contribution is -0.137. The quantitative estimate of drug-likeness (QED) is 0.817. The number of fused-ring (bicyclic) bond motifs is 2. The Balaban J connectivity index is 1.51. The van der Waals surface area contributed by atoms with E-state index in [4.69, 9.17) is 9.97 Å². The topological polar surface area (TPSA) is 41.9 Å². The van der Waals surface area contributed by atoms with E-state index in [2.05, 4.69) is 9.88 Å². The highest BCUT2D eigenvalue weighted by Gasteiger charge is 2.34. The molecule has 0 aromatic carbocycles. The second kappa shape index (κ2) is 5.66. The molecule has 0 atom stereocenters. The molecule has 0 N–H and O–H groups in total. The van der Waals surface area contributed by atoms with E-state index in [1.54, 1.807) is 0 Å². The predicted molar refractivity (Wildman–Crippen MR) is 90.0 cm³/mol. The minimum absolute atomic E-state index is 0.430. The molecule has 0 spiro atoms. The number of aromatic nitrogens is 3. The van der Waals surface area contributed by atoms with Crippen molar-refractivity contribution in [1.82, 2.24) is 15.0 Å². The minimum Gasteiger partial charge on any atom is -0.351 e. The van der Waals surface area contributed by atoms with Gasteiger partial charge in [-0.25, -0.2) is 9.97 Å². The summed E-state index contributed by atoms with van der Waals surface area (Å²) in [5.74, 6) is 2.33. The largest absolute Gasteiger partial charge is 0.417 e. The van der Waals surface area contributed by atoms with Gasteiger partial charge in [-0.05, 0) is 43.7 Å². The number of nitrogens with zero attached hydrogens (tertiary/aromatic N) is 4. The van der Waals surface area contributed by atoms with Gasteiger partial charge in [0.05, 0.1) is 5.56 Å². The van der Waals surface area contributed by atoms with Crippen LogP contribution in [0.5, 0.6) is 0 Å². The van der Waals surface area contributed by atoms with Crippen molar-refractivity contribution in [3.05, 3.63) is 46.2 Å². The van der Waals surface area contributed by atoms with E-state index >= 15 is 0 Å². The molecule has 1 aliphatic heterocycles. The zero-order valence-electron chi connectivity index (χ0n) is 14.3. The fourth-order valence-electron chi connectivity index (χ4n) is 3.98. The Morgan fingerprint density at radius 2 is 1.88 bits per heavy atom. The van der Waals surface area contributed by atoms with Gasteiger partial charge in [0, 0.05) is 48.6 Å². The number of hydrogen-bond acceptors (Lipinski definition) is 4. The third-order valence-electron chi connectivity index (χ3n) is 5.54. The third kappa shape index (κ3) is 2.73. The first-order valence-electron chi connectivity index (χ1n) is 9.18. The van der Waals surface area contributed by atoms with Crippen molar-refractivity contribution < 1.29 is 13.2 Å². The standard InChI is InChI=1S/C19H19F3N4/c20-19(21,22)13-8-12-10-26(7-6-15(12)23-9-13)18-14-2-1-3-16(14)24-17(25-18)11-4-5-11/h8-9,11H,1-7,10H2. The highest BCUT2D eigenvalue weighted by atomic mass is 19.4. The van der Waals surface area contributed by atoms with Crippen LogP contribution in [0.15, 0.2) is 12.3 Å². The molecule has 1 saturated carbocycles. The predicted octanol–water partition coefficient (Wildman–Crippen LogP) is 3.82. The Labute approximate surface area is 149 Å². The number of rotatable bonds is 2. The third-order valence-corrected chi connectivity index (χ3v) is 5.54. The monoisotopic (exact) mass is 360 g/mol. The number of pyridine rings is 1. The molecular formula is C19H19F3N4. The highest BCUT2D eigenvalue weighted by Crippen LogP contribution is 2.41. The van der Waals surface area contributed by atoms with Crippen molar-refractivity contribution in [3.8, 4) is 0 Å². The van der Waals surface area contributed by atoms with Gasteiger partial charge in [-0.2, -0.15) is 13.2 Å². The second-order valence-electron chi connectivity index (χ2n) is 7.46.